The van der Waals surface area contributed by atoms with Gasteiger partial charge in [0.05, 0.1) is 15.4 Å². The minimum absolute atomic E-state index is 0.0405. The third kappa shape index (κ3) is 6.56. The zero-order valence-electron chi connectivity index (χ0n) is 25.3. The van der Waals surface area contributed by atoms with Crippen LogP contribution in [0.1, 0.15) is 38.4 Å². The lowest BCUT2D eigenvalue weighted by molar-refractivity contribution is -0.119. The maximum absolute atomic E-state index is 15.5. The van der Waals surface area contributed by atoms with Gasteiger partial charge < -0.3 is 20.6 Å². The number of halogens is 5. The SMILES string of the molecule is CC(=O)NC1CCN(c2nc(Sc3ccc(S(=O)(=O)C(C)(C)c4c(F)c(F)cc(F)c4F)cc3F)nc(Nc3cc(C)[nH]n3)c2O)C1. The Bertz CT molecular complexity index is 1970. The van der Waals surface area contributed by atoms with E-state index >= 15 is 4.39 Å². The number of aryl methyl sites for hydroxylation is 1. The number of nitrogens with zero attached hydrogens (tertiary/aromatic N) is 4. The second-order valence-corrected chi connectivity index (χ2v) is 14.8. The fourth-order valence-corrected chi connectivity index (χ4v) is 7.40. The molecule has 1 amide bonds. The third-order valence-corrected chi connectivity index (χ3v) is 10.8. The summed E-state index contributed by atoms with van der Waals surface area (Å²) in [6.07, 6.45) is 0.559. The number of rotatable bonds is 9. The van der Waals surface area contributed by atoms with Crippen molar-refractivity contribution in [3.63, 3.8) is 0 Å². The molecule has 1 atom stereocenters. The number of hydrogen-bond acceptors (Lipinski definition) is 10. The van der Waals surface area contributed by atoms with E-state index in [0.717, 1.165) is 26.0 Å². The summed E-state index contributed by atoms with van der Waals surface area (Å²) < 4.78 is 97.0. The van der Waals surface area contributed by atoms with Gasteiger partial charge in [0.15, 0.2) is 55.7 Å². The van der Waals surface area contributed by atoms with Crippen molar-refractivity contribution in [1.29, 1.82) is 0 Å². The van der Waals surface area contributed by atoms with Gasteiger partial charge in [-0.3, -0.25) is 9.89 Å². The Hall–Kier alpha value is -4.45. The Morgan fingerprint density at radius 3 is 2.34 bits per heavy atom. The lowest BCUT2D eigenvalue weighted by Crippen LogP contribution is -2.35. The number of carbonyl (C=O) groups is 1. The fraction of sp³-hybridized carbons (Fsp3) is 0.310. The summed E-state index contributed by atoms with van der Waals surface area (Å²) in [6, 6.07) is 4.04. The molecule has 1 fully saturated rings. The molecule has 4 N–H and O–H groups in total. The molecule has 0 aliphatic carbocycles. The largest absolute Gasteiger partial charge is 0.502 e. The number of aromatic nitrogens is 4. The maximum Gasteiger partial charge on any atom is 0.217 e. The molecule has 1 unspecified atom stereocenters. The minimum atomic E-state index is -4.84. The van der Waals surface area contributed by atoms with Gasteiger partial charge in [0.25, 0.3) is 0 Å². The summed E-state index contributed by atoms with van der Waals surface area (Å²) in [7, 11) is -4.84. The van der Waals surface area contributed by atoms with Crippen molar-refractivity contribution in [2.45, 2.75) is 59.9 Å². The van der Waals surface area contributed by atoms with Gasteiger partial charge in [-0.05, 0) is 57.2 Å². The van der Waals surface area contributed by atoms with Crippen molar-refractivity contribution < 1.29 is 40.3 Å². The predicted octanol–water partition coefficient (Wildman–Crippen LogP) is 5.23. The Labute approximate surface area is 269 Å². The number of hydrogen-bond donors (Lipinski definition) is 4. The lowest BCUT2D eigenvalue weighted by atomic mass is 10.0. The highest BCUT2D eigenvalue weighted by molar-refractivity contribution is 7.99. The van der Waals surface area contributed by atoms with Crippen LogP contribution in [0.5, 0.6) is 5.75 Å². The zero-order chi connectivity index (χ0) is 34.4. The molecule has 11 nitrogen and oxygen atoms in total. The molecule has 0 spiro atoms. The van der Waals surface area contributed by atoms with E-state index in [0.29, 0.717) is 48.9 Å². The number of amides is 1. The number of aromatic hydroxyl groups is 1. The van der Waals surface area contributed by atoms with Crippen LogP contribution in [0.4, 0.5) is 39.4 Å². The van der Waals surface area contributed by atoms with Crippen LogP contribution in [-0.4, -0.2) is 58.7 Å². The first-order valence-electron chi connectivity index (χ1n) is 14.0. The van der Waals surface area contributed by atoms with E-state index in [1.807, 2.05) is 0 Å². The molecule has 0 saturated carbocycles. The van der Waals surface area contributed by atoms with Crippen LogP contribution in [0, 0.1) is 36.0 Å². The fourth-order valence-electron chi connectivity index (χ4n) is 5.10. The molecule has 4 aromatic rings. The third-order valence-electron chi connectivity index (χ3n) is 7.49. The van der Waals surface area contributed by atoms with Crippen LogP contribution in [0.15, 0.2) is 45.3 Å². The number of benzene rings is 2. The molecule has 2 aromatic heterocycles. The summed E-state index contributed by atoms with van der Waals surface area (Å²) in [5, 5.41) is 23.5. The zero-order valence-corrected chi connectivity index (χ0v) is 26.9. The van der Waals surface area contributed by atoms with E-state index in [1.54, 1.807) is 17.9 Å². The number of sulfone groups is 1. The van der Waals surface area contributed by atoms with Crippen LogP contribution in [0.2, 0.25) is 0 Å². The van der Waals surface area contributed by atoms with Gasteiger partial charge in [-0.25, -0.2) is 40.3 Å². The van der Waals surface area contributed by atoms with Crippen molar-refractivity contribution in [3.8, 4) is 5.75 Å². The van der Waals surface area contributed by atoms with Crippen molar-refractivity contribution in [2.75, 3.05) is 23.3 Å². The minimum Gasteiger partial charge on any atom is -0.502 e. The molecular formula is C29H28F5N7O4S2. The van der Waals surface area contributed by atoms with Gasteiger partial charge in [0.1, 0.15) is 10.6 Å². The van der Waals surface area contributed by atoms with Gasteiger partial charge in [0, 0.05) is 43.9 Å². The van der Waals surface area contributed by atoms with Crippen LogP contribution in [0.3, 0.4) is 0 Å². The highest BCUT2D eigenvalue weighted by Crippen LogP contribution is 2.42. The quantitative estimate of drug-likeness (QED) is 0.104. The van der Waals surface area contributed by atoms with Crippen LogP contribution in [-0.2, 0) is 19.4 Å². The number of anilines is 3. The topological polar surface area (TPSA) is 153 Å². The van der Waals surface area contributed by atoms with E-state index in [1.165, 1.54) is 6.92 Å². The molecule has 0 bridgehead atoms. The molecule has 1 aliphatic heterocycles. The molecule has 2 aromatic carbocycles. The number of aromatic amines is 1. The van der Waals surface area contributed by atoms with E-state index in [9.17, 15) is 35.9 Å². The van der Waals surface area contributed by atoms with Crippen LogP contribution in [0.25, 0.3) is 0 Å². The van der Waals surface area contributed by atoms with Gasteiger partial charge in [-0.1, -0.05) is 0 Å². The lowest BCUT2D eigenvalue weighted by Gasteiger charge is -2.26. The van der Waals surface area contributed by atoms with Gasteiger partial charge >= 0.3 is 0 Å². The van der Waals surface area contributed by atoms with E-state index < -0.39 is 54.1 Å². The van der Waals surface area contributed by atoms with E-state index in [4.69, 9.17) is 0 Å². The molecule has 1 saturated heterocycles. The summed E-state index contributed by atoms with van der Waals surface area (Å²) in [5.41, 5.74) is -0.657. The molecule has 5 rings (SSSR count). The smallest absolute Gasteiger partial charge is 0.217 e. The van der Waals surface area contributed by atoms with Gasteiger partial charge in [-0.2, -0.15) is 5.10 Å². The average molecular weight is 698 g/mol. The Morgan fingerprint density at radius 2 is 1.74 bits per heavy atom. The number of nitrogens with one attached hydrogen (secondary N) is 3. The molecule has 0 radical (unpaired) electrons. The Morgan fingerprint density at radius 1 is 1.06 bits per heavy atom. The van der Waals surface area contributed by atoms with Crippen molar-refractivity contribution >= 4 is 45.0 Å². The van der Waals surface area contributed by atoms with E-state index in [2.05, 4.69) is 30.8 Å². The van der Waals surface area contributed by atoms with Crippen LogP contribution < -0.4 is 15.5 Å². The summed E-state index contributed by atoms with van der Waals surface area (Å²) in [6.45, 7) is 5.56. The highest BCUT2D eigenvalue weighted by atomic mass is 32.2. The highest BCUT2D eigenvalue weighted by Gasteiger charge is 2.44. The normalized spacial score (nSPS) is 15.3. The predicted molar refractivity (Wildman–Crippen MR) is 162 cm³/mol. The monoisotopic (exact) mass is 697 g/mol. The molecule has 1 aliphatic rings. The van der Waals surface area contributed by atoms with Crippen molar-refractivity contribution in [3.05, 3.63) is 70.7 Å². The second kappa shape index (κ2) is 12.6. The number of H-pyrrole nitrogens is 1. The molecule has 18 heteroatoms. The van der Waals surface area contributed by atoms with Gasteiger partial charge in [0.2, 0.25) is 11.7 Å². The van der Waals surface area contributed by atoms with Crippen molar-refractivity contribution in [2.24, 2.45) is 0 Å². The maximum atomic E-state index is 15.5. The van der Waals surface area contributed by atoms with Crippen LogP contribution >= 0.6 is 11.8 Å². The first kappa shape index (κ1) is 33.9. The molecule has 250 valence electrons. The second-order valence-electron chi connectivity index (χ2n) is 11.3. The average Bonchev–Trinajstić information content (AvgIpc) is 3.62. The number of carbonyl (C=O) groups excluding carboxylic acids is 1. The molecule has 3 heterocycles. The summed E-state index contributed by atoms with van der Waals surface area (Å²) in [5.74, 6) is -8.67. The first-order valence-corrected chi connectivity index (χ1v) is 16.3. The molecule has 47 heavy (non-hydrogen) atoms. The van der Waals surface area contributed by atoms with Crippen molar-refractivity contribution in [1.82, 2.24) is 25.5 Å². The molecular weight excluding hydrogens is 669 g/mol. The summed E-state index contributed by atoms with van der Waals surface area (Å²) >= 11 is 0.682. The Balaban J connectivity index is 1.49. The Kier molecular flexibility index (Phi) is 9.11. The van der Waals surface area contributed by atoms with Gasteiger partial charge in [-0.15, -0.1) is 0 Å². The summed E-state index contributed by atoms with van der Waals surface area (Å²) in [4.78, 5) is 21.1. The standard InChI is InChI=1S/C29H28F5N7O4S2/c1-13-9-21(40-39-13)36-26-25(43)27(41-8-7-15(12-41)35-14(2)42)38-28(37-26)46-20-6-5-16(10-17(20)30)47(44,45)29(3,4)22-23(33)18(31)11-19(32)24(22)34/h5-6,9-11,15,43H,7-8,12H2,1-4H3,(H,35,42)(H2,36,37,38,39,40). The van der Waals surface area contributed by atoms with E-state index in [-0.39, 0.29) is 45.5 Å². The first-order chi connectivity index (χ1) is 22.0.